The van der Waals surface area contributed by atoms with Crippen LogP contribution in [0.25, 0.3) is 0 Å². The van der Waals surface area contributed by atoms with Crippen LogP contribution in [-0.4, -0.2) is 64.1 Å². The minimum Gasteiger partial charge on any atom is -0.497 e. The molecule has 1 aliphatic rings. The summed E-state index contributed by atoms with van der Waals surface area (Å²) in [6.07, 6.45) is 1.11. The van der Waals surface area contributed by atoms with Crippen molar-refractivity contribution < 1.29 is 33.3 Å². The van der Waals surface area contributed by atoms with Crippen LogP contribution in [0, 0.1) is 5.92 Å². The molecule has 8 heteroatoms. The van der Waals surface area contributed by atoms with Gasteiger partial charge in [-0.15, -0.1) is 0 Å². The van der Waals surface area contributed by atoms with E-state index in [4.69, 9.17) is 23.4 Å². The number of carbonyl (C=O) groups excluding carboxylic acids is 1. The van der Waals surface area contributed by atoms with Crippen molar-refractivity contribution in [2.75, 3.05) is 20.3 Å². The maximum absolute atomic E-state index is 12.5. The fourth-order valence-corrected chi connectivity index (χ4v) is 11.8. The minimum absolute atomic E-state index is 0.0874. The molecule has 1 fully saturated rings. The lowest BCUT2D eigenvalue weighted by molar-refractivity contribution is -0.0373. The number of carbonyl (C=O) groups is 1. The van der Waals surface area contributed by atoms with Crippen LogP contribution in [0.3, 0.4) is 0 Å². The molecule has 5 rings (SSSR count). The number of aliphatic hydroxyl groups excluding tert-OH is 1. The van der Waals surface area contributed by atoms with E-state index in [-0.39, 0.29) is 35.9 Å². The van der Waals surface area contributed by atoms with E-state index in [1.54, 1.807) is 31.4 Å². The molecule has 1 saturated heterocycles. The lowest BCUT2D eigenvalue weighted by Crippen LogP contribution is -2.66. The zero-order valence-corrected chi connectivity index (χ0v) is 31.7. The zero-order chi connectivity index (χ0) is 36.3. The third kappa shape index (κ3) is 10.2. The van der Waals surface area contributed by atoms with Crippen molar-refractivity contribution in [3.8, 4) is 5.75 Å². The molecule has 0 aliphatic carbocycles. The van der Waals surface area contributed by atoms with Crippen molar-refractivity contribution in [3.05, 3.63) is 126 Å². The average Bonchev–Trinajstić information content (AvgIpc) is 3.51. The molecule has 4 aromatic carbocycles. The molecule has 7 nitrogen and oxygen atoms in total. The summed E-state index contributed by atoms with van der Waals surface area (Å²) in [6, 6.07) is 38.3. The molecule has 0 bridgehead atoms. The predicted octanol–water partition coefficient (Wildman–Crippen LogP) is 7.34. The van der Waals surface area contributed by atoms with Crippen molar-refractivity contribution in [3.63, 3.8) is 0 Å². The van der Waals surface area contributed by atoms with Gasteiger partial charge in [0.05, 0.1) is 43.7 Å². The van der Waals surface area contributed by atoms with Gasteiger partial charge >= 0.3 is 5.97 Å². The molecule has 1 N–H and O–H groups in total. The van der Waals surface area contributed by atoms with Crippen molar-refractivity contribution >= 4 is 24.7 Å². The highest BCUT2D eigenvalue weighted by atomic mass is 28.4. The number of ether oxygens (including phenoxy) is 4. The monoisotopic (exact) mass is 710 g/mol. The molecule has 0 saturated carbocycles. The Morgan fingerprint density at radius 2 is 1.47 bits per heavy atom. The number of benzene rings is 4. The Labute approximate surface area is 305 Å². The quantitative estimate of drug-likeness (QED) is 0.0908. The van der Waals surface area contributed by atoms with Gasteiger partial charge in [-0.3, -0.25) is 0 Å². The first kappa shape index (κ1) is 38.4. The van der Waals surface area contributed by atoms with Gasteiger partial charge in [-0.2, -0.15) is 0 Å². The first-order valence-corrected chi connectivity index (χ1v) is 20.0. The van der Waals surface area contributed by atoms with E-state index in [1.165, 1.54) is 10.4 Å². The van der Waals surface area contributed by atoms with Gasteiger partial charge < -0.3 is 28.5 Å². The first-order valence-electron chi connectivity index (χ1n) is 18.1. The number of esters is 1. The molecule has 5 atom stereocenters. The molecule has 0 aromatic heterocycles. The van der Waals surface area contributed by atoms with Gasteiger partial charge in [0, 0.05) is 13.0 Å². The van der Waals surface area contributed by atoms with Gasteiger partial charge in [0.15, 0.2) is 0 Å². The Bertz CT molecular complexity index is 1570. The summed E-state index contributed by atoms with van der Waals surface area (Å²) in [4.78, 5) is 12.5. The Balaban J connectivity index is 1.25. The number of hydrogen-bond acceptors (Lipinski definition) is 7. The lowest BCUT2D eigenvalue weighted by Gasteiger charge is -2.43. The smallest absolute Gasteiger partial charge is 0.338 e. The van der Waals surface area contributed by atoms with Crippen molar-refractivity contribution in [1.29, 1.82) is 0 Å². The second kappa shape index (κ2) is 18.1. The number of methoxy groups -OCH3 is 1. The zero-order valence-electron chi connectivity index (χ0n) is 30.7. The predicted molar refractivity (Wildman–Crippen MR) is 204 cm³/mol. The van der Waals surface area contributed by atoms with E-state index in [0.29, 0.717) is 38.0 Å². The van der Waals surface area contributed by atoms with E-state index in [0.717, 1.165) is 17.7 Å². The summed E-state index contributed by atoms with van der Waals surface area (Å²) in [6.45, 7) is 10.3. The highest BCUT2D eigenvalue weighted by Crippen LogP contribution is 2.37. The largest absolute Gasteiger partial charge is 0.497 e. The maximum Gasteiger partial charge on any atom is 0.338 e. The normalized spacial score (nSPS) is 19.0. The molecule has 272 valence electrons. The Hall–Kier alpha value is -3.79. The molecule has 1 heterocycles. The van der Waals surface area contributed by atoms with Crippen molar-refractivity contribution in [2.45, 2.75) is 89.4 Å². The van der Waals surface area contributed by atoms with Gasteiger partial charge in [-0.1, -0.05) is 119 Å². The molecule has 4 aromatic rings. The van der Waals surface area contributed by atoms with Crippen LogP contribution >= 0.6 is 0 Å². The van der Waals surface area contributed by atoms with E-state index < -0.39 is 20.4 Å². The molecule has 0 radical (unpaired) electrons. The van der Waals surface area contributed by atoms with Crippen LogP contribution in [0.4, 0.5) is 0 Å². The molecular weight excluding hydrogens is 657 g/mol. The SMILES string of the molecule is COc1ccc(CO[C@@H](CC[C@@H]2O[C@@H](COC(=O)c3ccccc3)C[C@@H]2O)C[C@@H](C)CO[Si](c2ccccc2)(c2ccccc2)C(C)(C)C)cc1. The minimum atomic E-state index is -2.68. The molecule has 1 aliphatic heterocycles. The Kier molecular flexibility index (Phi) is 13.7. The Morgan fingerprint density at radius 1 is 0.882 bits per heavy atom. The molecule has 0 spiro atoms. The number of aliphatic hydroxyl groups is 1. The van der Waals surface area contributed by atoms with Crippen LogP contribution in [0.2, 0.25) is 5.04 Å². The maximum atomic E-state index is 12.5. The average molecular weight is 711 g/mol. The summed E-state index contributed by atoms with van der Waals surface area (Å²) in [7, 11) is -1.02. The fraction of sp³-hybridized carbons (Fsp3) is 0.419. The number of hydrogen-bond donors (Lipinski definition) is 1. The summed E-state index contributed by atoms with van der Waals surface area (Å²) in [5.41, 5.74) is 1.56. The van der Waals surface area contributed by atoms with Gasteiger partial charge in [0.1, 0.15) is 12.4 Å². The van der Waals surface area contributed by atoms with Crippen LogP contribution in [-0.2, 0) is 25.2 Å². The molecule has 0 amide bonds. The first-order chi connectivity index (χ1) is 24.6. The highest BCUT2D eigenvalue weighted by Gasteiger charge is 2.50. The van der Waals surface area contributed by atoms with Crippen molar-refractivity contribution in [2.24, 2.45) is 5.92 Å². The standard InChI is InChI=1S/C43H54O7Si/c1-32(29-49-51(43(2,3)4,38-17-11-7-12-18-38)39-19-13-8-14-20-39)27-36(47-30-33-21-23-35(46-5)24-22-33)25-26-41-40(44)28-37(50-41)31-48-42(45)34-15-9-6-10-16-34/h6-24,32,36-37,40-41,44H,25-31H2,1-5H3/t32-,36+,37-,40+,41+/m1/s1. The summed E-state index contributed by atoms with van der Waals surface area (Å²) < 4.78 is 30.9. The van der Waals surface area contributed by atoms with Crippen molar-refractivity contribution in [1.82, 2.24) is 0 Å². The van der Waals surface area contributed by atoms with Crippen LogP contribution in [0.15, 0.2) is 115 Å². The van der Waals surface area contributed by atoms with Gasteiger partial charge in [-0.05, 0) is 70.4 Å². The van der Waals surface area contributed by atoms with E-state index in [1.807, 2.05) is 30.3 Å². The summed E-state index contributed by atoms with van der Waals surface area (Å²) in [5, 5.41) is 13.3. The van der Waals surface area contributed by atoms with E-state index in [9.17, 15) is 9.90 Å². The summed E-state index contributed by atoms with van der Waals surface area (Å²) in [5.74, 6) is 0.617. The van der Waals surface area contributed by atoms with Crippen LogP contribution in [0.1, 0.15) is 69.3 Å². The Morgan fingerprint density at radius 3 is 2.04 bits per heavy atom. The molecule has 0 unspecified atom stereocenters. The topological polar surface area (TPSA) is 83.5 Å². The lowest BCUT2D eigenvalue weighted by atomic mass is 9.98. The van der Waals surface area contributed by atoms with E-state index >= 15 is 0 Å². The highest BCUT2D eigenvalue weighted by molar-refractivity contribution is 6.99. The van der Waals surface area contributed by atoms with Gasteiger partial charge in [0.25, 0.3) is 8.32 Å². The summed E-state index contributed by atoms with van der Waals surface area (Å²) >= 11 is 0. The van der Waals surface area contributed by atoms with Gasteiger partial charge in [0.2, 0.25) is 0 Å². The second-order valence-corrected chi connectivity index (χ2v) is 19.0. The third-order valence-corrected chi connectivity index (χ3v) is 14.8. The van der Waals surface area contributed by atoms with Crippen LogP contribution in [0.5, 0.6) is 5.75 Å². The number of rotatable bonds is 17. The molecular formula is C43H54O7Si. The third-order valence-electron chi connectivity index (χ3n) is 9.79. The fourth-order valence-electron chi connectivity index (χ4n) is 7.11. The van der Waals surface area contributed by atoms with E-state index in [2.05, 4.69) is 88.4 Å². The molecule has 51 heavy (non-hydrogen) atoms. The van der Waals surface area contributed by atoms with Crippen LogP contribution < -0.4 is 15.1 Å². The second-order valence-electron chi connectivity index (χ2n) is 14.7. The van der Waals surface area contributed by atoms with Gasteiger partial charge in [-0.25, -0.2) is 4.79 Å².